The Hall–Kier alpha value is 0.0200. The van der Waals surface area contributed by atoms with E-state index in [9.17, 15) is 4.79 Å². The van der Waals surface area contributed by atoms with Crippen LogP contribution in [0.5, 0.6) is 0 Å². The summed E-state index contributed by atoms with van der Waals surface area (Å²) in [6.07, 6.45) is 5.74. The Bertz CT molecular complexity index is 181. The Kier molecular flexibility index (Phi) is 7.33. The number of carbonyl (C=O) groups excluding carboxylic acids is 1. The average molecular weight is 230 g/mol. The number of ketones is 1. The van der Waals surface area contributed by atoms with E-state index in [-0.39, 0.29) is 4.75 Å². The standard InChI is InChI=1S/C13H26OS/c1-6-7-8-9-12(10-11(2)14)15-13(3,4)5/h12H,6-10H2,1-5H3/t12-/m0/s1. The topological polar surface area (TPSA) is 17.1 Å². The highest BCUT2D eigenvalue weighted by Crippen LogP contribution is 2.32. The summed E-state index contributed by atoms with van der Waals surface area (Å²) >= 11 is 1.96. The largest absolute Gasteiger partial charge is 0.300 e. The van der Waals surface area contributed by atoms with Crippen LogP contribution >= 0.6 is 11.8 Å². The molecule has 0 saturated heterocycles. The number of hydrogen-bond acceptors (Lipinski definition) is 2. The highest BCUT2D eigenvalue weighted by molar-refractivity contribution is 8.01. The van der Waals surface area contributed by atoms with Gasteiger partial charge in [-0.2, -0.15) is 11.8 Å². The van der Waals surface area contributed by atoms with Gasteiger partial charge in [-0.05, 0) is 13.3 Å². The van der Waals surface area contributed by atoms with E-state index in [1.165, 1.54) is 25.7 Å². The third-order valence-corrected chi connectivity index (χ3v) is 3.61. The fourth-order valence-electron chi connectivity index (χ4n) is 1.65. The van der Waals surface area contributed by atoms with Gasteiger partial charge in [-0.1, -0.05) is 47.0 Å². The number of Topliss-reactive ketones (excluding diaryl/α,β-unsaturated/α-hetero) is 1. The molecule has 0 aromatic carbocycles. The predicted molar refractivity (Wildman–Crippen MR) is 70.6 cm³/mol. The van der Waals surface area contributed by atoms with Crippen molar-refractivity contribution in [3.63, 3.8) is 0 Å². The van der Waals surface area contributed by atoms with Gasteiger partial charge < -0.3 is 0 Å². The van der Waals surface area contributed by atoms with E-state index in [1.54, 1.807) is 6.92 Å². The van der Waals surface area contributed by atoms with E-state index in [1.807, 2.05) is 11.8 Å². The molecule has 1 nitrogen and oxygen atoms in total. The van der Waals surface area contributed by atoms with Crippen molar-refractivity contribution >= 4 is 17.5 Å². The van der Waals surface area contributed by atoms with Gasteiger partial charge in [-0.15, -0.1) is 0 Å². The lowest BCUT2D eigenvalue weighted by Gasteiger charge is -2.25. The first kappa shape index (κ1) is 15.0. The summed E-state index contributed by atoms with van der Waals surface area (Å²) in [6, 6.07) is 0. The van der Waals surface area contributed by atoms with Crippen molar-refractivity contribution in [2.24, 2.45) is 0 Å². The number of thioether (sulfide) groups is 1. The molecule has 0 amide bonds. The summed E-state index contributed by atoms with van der Waals surface area (Å²) in [6.45, 7) is 10.6. The van der Waals surface area contributed by atoms with Gasteiger partial charge in [-0.25, -0.2) is 0 Å². The van der Waals surface area contributed by atoms with Gasteiger partial charge in [0.1, 0.15) is 5.78 Å². The maximum Gasteiger partial charge on any atom is 0.130 e. The second-order valence-corrected chi connectivity index (χ2v) is 7.38. The molecule has 0 aromatic rings. The van der Waals surface area contributed by atoms with Crippen LogP contribution in [0.25, 0.3) is 0 Å². The van der Waals surface area contributed by atoms with E-state index < -0.39 is 0 Å². The SMILES string of the molecule is CCCCC[C@@H](CC(C)=O)SC(C)(C)C. The Morgan fingerprint density at radius 1 is 1.27 bits per heavy atom. The summed E-state index contributed by atoms with van der Waals surface area (Å²) < 4.78 is 0.270. The summed E-state index contributed by atoms with van der Waals surface area (Å²) in [5.74, 6) is 0.327. The fraction of sp³-hybridized carbons (Fsp3) is 0.923. The Balaban J connectivity index is 4.01. The first-order chi connectivity index (χ1) is 6.85. The lowest BCUT2D eigenvalue weighted by Crippen LogP contribution is -2.18. The van der Waals surface area contributed by atoms with Gasteiger partial charge in [-0.3, -0.25) is 4.79 Å². The molecule has 0 unspecified atom stereocenters. The van der Waals surface area contributed by atoms with Crippen LogP contribution in [0.2, 0.25) is 0 Å². The lowest BCUT2D eigenvalue weighted by atomic mass is 10.1. The van der Waals surface area contributed by atoms with Gasteiger partial charge in [0.15, 0.2) is 0 Å². The van der Waals surface area contributed by atoms with Crippen LogP contribution in [0.15, 0.2) is 0 Å². The molecule has 0 rings (SSSR count). The molecule has 15 heavy (non-hydrogen) atoms. The van der Waals surface area contributed by atoms with Gasteiger partial charge in [0.05, 0.1) is 0 Å². The van der Waals surface area contributed by atoms with Crippen LogP contribution in [-0.4, -0.2) is 15.8 Å². The number of carbonyl (C=O) groups is 1. The summed E-state index contributed by atoms with van der Waals surface area (Å²) in [5, 5.41) is 0.522. The maximum atomic E-state index is 11.2. The minimum absolute atomic E-state index is 0.270. The second kappa shape index (κ2) is 7.32. The minimum atomic E-state index is 0.270. The molecule has 0 bridgehead atoms. The first-order valence-electron chi connectivity index (χ1n) is 6.02. The molecule has 0 aromatic heterocycles. The molecular formula is C13H26OS. The van der Waals surface area contributed by atoms with Crippen LogP contribution in [0.4, 0.5) is 0 Å². The molecule has 0 heterocycles. The minimum Gasteiger partial charge on any atom is -0.300 e. The van der Waals surface area contributed by atoms with E-state index >= 15 is 0 Å². The number of rotatable bonds is 7. The van der Waals surface area contributed by atoms with Crippen LogP contribution in [0.3, 0.4) is 0 Å². The van der Waals surface area contributed by atoms with Crippen LogP contribution in [-0.2, 0) is 4.79 Å². The fourth-order valence-corrected chi connectivity index (χ4v) is 3.25. The summed E-state index contributed by atoms with van der Waals surface area (Å²) in [5.41, 5.74) is 0. The predicted octanol–water partition coefficient (Wildman–Crippen LogP) is 4.45. The Morgan fingerprint density at radius 2 is 1.87 bits per heavy atom. The molecule has 0 spiro atoms. The Morgan fingerprint density at radius 3 is 2.27 bits per heavy atom. The monoisotopic (exact) mass is 230 g/mol. The molecule has 0 aliphatic carbocycles. The summed E-state index contributed by atoms with van der Waals surface area (Å²) in [4.78, 5) is 11.2. The zero-order valence-electron chi connectivity index (χ0n) is 10.9. The van der Waals surface area contributed by atoms with Crippen molar-refractivity contribution < 1.29 is 4.79 Å². The zero-order valence-corrected chi connectivity index (χ0v) is 11.7. The molecule has 0 N–H and O–H groups in total. The van der Waals surface area contributed by atoms with Gasteiger partial charge in [0.2, 0.25) is 0 Å². The number of unbranched alkanes of at least 4 members (excludes halogenated alkanes) is 2. The summed E-state index contributed by atoms with van der Waals surface area (Å²) in [7, 11) is 0. The van der Waals surface area contributed by atoms with Crippen molar-refractivity contribution in [1.82, 2.24) is 0 Å². The van der Waals surface area contributed by atoms with Crippen molar-refractivity contribution in [2.75, 3.05) is 0 Å². The van der Waals surface area contributed by atoms with Gasteiger partial charge in [0, 0.05) is 16.4 Å². The number of hydrogen-bond donors (Lipinski definition) is 0. The molecule has 0 radical (unpaired) electrons. The van der Waals surface area contributed by atoms with Crippen molar-refractivity contribution in [2.45, 2.75) is 76.7 Å². The van der Waals surface area contributed by atoms with Crippen LogP contribution < -0.4 is 0 Å². The quantitative estimate of drug-likeness (QED) is 0.601. The van der Waals surface area contributed by atoms with Crippen molar-refractivity contribution in [3.05, 3.63) is 0 Å². The van der Waals surface area contributed by atoms with Crippen LogP contribution in [0.1, 0.15) is 66.7 Å². The van der Waals surface area contributed by atoms with E-state index in [0.29, 0.717) is 11.0 Å². The highest BCUT2D eigenvalue weighted by Gasteiger charge is 2.19. The maximum absolute atomic E-state index is 11.2. The molecule has 0 saturated carbocycles. The zero-order chi connectivity index (χ0) is 11.9. The average Bonchev–Trinajstić information content (AvgIpc) is 2.00. The molecule has 2 heteroatoms. The van der Waals surface area contributed by atoms with Crippen molar-refractivity contribution in [3.8, 4) is 0 Å². The second-order valence-electron chi connectivity index (χ2n) is 5.25. The van der Waals surface area contributed by atoms with E-state index in [2.05, 4.69) is 27.7 Å². The Labute approximate surface area is 99.4 Å². The lowest BCUT2D eigenvalue weighted by molar-refractivity contribution is -0.117. The third-order valence-electron chi connectivity index (χ3n) is 2.17. The highest BCUT2D eigenvalue weighted by atomic mass is 32.2. The van der Waals surface area contributed by atoms with Crippen molar-refractivity contribution in [1.29, 1.82) is 0 Å². The van der Waals surface area contributed by atoms with Gasteiger partial charge in [0.25, 0.3) is 0 Å². The smallest absolute Gasteiger partial charge is 0.130 e. The van der Waals surface area contributed by atoms with Gasteiger partial charge >= 0.3 is 0 Å². The van der Waals surface area contributed by atoms with E-state index in [0.717, 1.165) is 6.42 Å². The normalized spacial score (nSPS) is 13.9. The first-order valence-corrected chi connectivity index (χ1v) is 6.90. The third kappa shape index (κ3) is 10.3. The van der Waals surface area contributed by atoms with E-state index in [4.69, 9.17) is 0 Å². The van der Waals surface area contributed by atoms with Crippen LogP contribution in [0, 0.1) is 0 Å². The molecule has 0 aliphatic heterocycles. The molecule has 1 atom stereocenters. The molecule has 90 valence electrons. The molecular weight excluding hydrogens is 204 g/mol. The molecule has 0 aliphatic rings. The molecule has 0 fully saturated rings.